The molecule has 2 nitrogen and oxygen atoms in total. The number of rotatable bonds is 2. The second-order valence-corrected chi connectivity index (χ2v) is 4.41. The summed E-state index contributed by atoms with van der Waals surface area (Å²) in [7, 11) is 0. The third-order valence-corrected chi connectivity index (χ3v) is 3.08. The van der Waals surface area contributed by atoms with Crippen LogP contribution in [0.25, 0.3) is 5.69 Å². The Morgan fingerprint density at radius 1 is 1.40 bits per heavy atom. The van der Waals surface area contributed by atoms with Gasteiger partial charge in [-0.3, -0.25) is 0 Å². The van der Waals surface area contributed by atoms with Crippen molar-refractivity contribution in [2.24, 2.45) is 0 Å². The van der Waals surface area contributed by atoms with Crippen molar-refractivity contribution in [3.05, 3.63) is 45.5 Å². The maximum absolute atomic E-state index is 12.9. The average Bonchev–Trinajstić information content (AvgIpc) is 2.66. The fraction of sp³-hybridized carbons (Fsp3) is 0.100. The summed E-state index contributed by atoms with van der Waals surface area (Å²) in [5.41, 5.74) is 1.66. The van der Waals surface area contributed by atoms with Crippen molar-refractivity contribution in [3.8, 4) is 5.69 Å². The zero-order valence-corrected chi connectivity index (χ0v) is 10.5. The van der Waals surface area contributed by atoms with Crippen molar-refractivity contribution in [1.82, 2.24) is 9.78 Å². The highest BCUT2D eigenvalue weighted by Crippen LogP contribution is 2.18. The second-order valence-electron chi connectivity index (χ2n) is 2.98. The topological polar surface area (TPSA) is 17.8 Å². The Labute approximate surface area is 105 Å². The molecule has 15 heavy (non-hydrogen) atoms. The number of nitrogens with zero attached hydrogens (tertiary/aromatic N) is 2. The Bertz CT molecular complexity index is 484. The number of hydrogen-bond donors (Lipinski definition) is 0. The van der Waals surface area contributed by atoms with Crippen molar-refractivity contribution >= 4 is 34.2 Å². The molecule has 0 unspecified atom stereocenters. The zero-order valence-electron chi connectivity index (χ0n) is 7.62. The molecular weight excluding hydrogens is 329 g/mol. The molecule has 0 amide bonds. The van der Waals surface area contributed by atoms with E-state index in [-0.39, 0.29) is 5.82 Å². The lowest BCUT2D eigenvalue weighted by Crippen LogP contribution is -1.98. The van der Waals surface area contributed by atoms with E-state index in [1.54, 1.807) is 10.7 Å². The molecule has 2 aromatic rings. The van der Waals surface area contributed by atoms with E-state index in [0.717, 1.165) is 15.0 Å². The van der Waals surface area contributed by atoms with E-state index in [4.69, 9.17) is 11.6 Å². The Balaban J connectivity index is 2.44. The van der Waals surface area contributed by atoms with E-state index in [1.807, 2.05) is 12.3 Å². The molecule has 5 heteroatoms. The van der Waals surface area contributed by atoms with Crippen LogP contribution >= 0.6 is 34.2 Å². The highest BCUT2D eigenvalue weighted by atomic mass is 127. The number of halogens is 3. The quantitative estimate of drug-likeness (QED) is 0.607. The van der Waals surface area contributed by atoms with Crippen LogP contribution in [0.5, 0.6) is 0 Å². The van der Waals surface area contributed by atoms with Gasteiger partial charge in [-0.05, 0) is 46.9 Å². The molecule has 0 saturated heterocycles. The Kier molecular flexibility index (Phi) is 3.25. The number of aromatic nitrogens is 2. The summed E-state index contributed by atoms with van der Waals surface area (Å²) in [6.07, 6.45) is 1.81. The molecule has 1 heterocycles. The molecule has 0 spiro atoms. The lowest BCUT2D eigenvalue weighted by Gasteiger charge is -2.03. The summed E-state index contributed by atoms with van der Waals surface area (Å²) in [4.78, 5) is 0. The fourth-order valence-electron chi connectivity index (χ4n) is 1.23. The van der Waals surface area contributed by atoms with E-state index in [9.17, 15) is 4.39 Å². The molecule has 0 N–H and O–H groups in total. The van der Waals surface area contributed by atoms with E-state index >= 15 is 0 Å². The first-order chi connectivity index (χ1) is 7.20. The van der Waals surface area contributed by atoms with Crippen LogP contribution in [-0.2, 0) is 5.88 Å². The Morgan fingerprint density at radius 2 is 2.20 bits per heavy atom. The molecule has 1 aromatic carbocycles. The standard InChI is InChI=1S/C10H7ClFIN2/c11-6-8-3-4-15(14-8)10-2-1-7(12)5-9(10)13/h1-5H,6H2. The minimum absolute atomic E-state index is 0.243. The largest absolute Gasteiger partial charge is 0.240 e. The minimum atomic E-state index is -0.243. The normalized spacial score (nSPS) is 10.6. The number of hydrogen-bond acceptors (Lipinski definition) is 1. The predicted octanol–water partition coefficient (Wildman–Crippen LogP) is 3.35. The lowest BCUT2D eigenvalue weighted by molar-refractivity contribution is 0.625. The fourth-order valence-corrected chi connectivity index (χ4v) is 2.10. The lowest BCUT2D eigenvalue weighted by atomic mass is 10.3. The predicted molar refractivity (Wildman–Crippen MR) is 65.8 cm³/mol. The molecule has 1 aromatic heterocycles. The highest BCUT2D eigenvalue weighted by Gasteiger charge is 2.05. The van der Waals surface area contributed by atoms with Gasteiger partial charge in [-0.2, -0.15) is 5.10 Å². The van der Waals surface area contributed by atoms with Crippen LogP contribution in [0.15, 0.2) is 30.5 Å². The molecule has 0 fully saturated rings. The van der Waals surface area contributed by atoms with Crippen LogP contribution in [0.4, 0.5) is 4.39 Å². The van der Waals surface area contributed by atoms with Gasteiger partial charge in [0.05, 0.1) is 17.3 Å². The van der Waals surface area contributed by atoms with Gasteiger partial charge in [0.1, 0.15) is 5.82 Å². The Morgan fingerprint density at radius 3 is 2.80 bits per heavy atom. The van der Waals surface area contributed by atoms with E-state index in [0.29, 0.717) is 5.88 Å². The van der Waals surface area contributed by atoms with Gasteiger partial charge in [-0.25, -0.2) is 9.07 Å². The van der Waals surface area contributed by atoms with Crippen molar-refractivity contribution in [3.63, 3.8) is 0 Å². The van der Waals surface area contributed by atoms with Gasteiger partial charge in [0.15, 0.2) is 0 Å². The van der Waals surface area contributed by atoms with E-state index < -0.39 is 0 Å². The molecule has 0 saturated carbocycles. The summed E-state index contributed by atoms with van der Waals surface area (Å²) in [5.74, 6) is 0.137. The SMILES string of the molecule is Fc1ccc(-n2ccc(CCl)n2)c(I)c1. The van der Waals surface area contributed by atoms with E-state index in [2.05, 4.69) is 27.7 Å². The van der Waals surface area contributed by atoms with Crippen LogP contribution in [0.3, 0.4) is 0 Å². The van der Waals surface area contributed by atoms with Gasteiger partial charge in [-0.1, -0.05) is 0 Å². The van der Waals surface area contributed by atoms with E-state index in [1.165, 1.54) is 12.1 Å². The maximum Gasteiger partial charge on any atom is 0.124 e. The van der Waals surface area contributed by atoms with Gasteiger partial charge in [0.25, 0.3) is 0 Å². The third-order valence-electron chi connectivity index (χ3n) is 1.94. The van der Waals surface area contributed by atoms with Crippen molar-refractivity contribution in [2.45, 2.75) is 5.88 Å². The smallest absolute Gasteiger partial charge is 0.124 e. The van der Waals surface area contributed by atoms with Crippen molar-refractivity contribution < 1.29 is 4.39 Å². The van der Waals surface area contributed by atoms with Gasteiger partial charge >= 0.3 is 0 Å². The summed E-state index contributed by atoms with van der Waals surface area (Å²) in [5, 5.41) is 4.25. The first kappa shape index (κ1) is 10.9. The van der Waals surface area contributed by atoms with Gasteiger partial charge in [-0.15, -0.1) is 11.6 Å². The number of alkyl halides is 1. The van der Waals surface area contributed by atoms with Gasteiger partial charge in [0, 0.05) is 9.77 Å². The summed E-state index contributed by atoms with van der Waals surface area (Å²) >= 11 is 7.73. The maximum atomic E-state index is 12.9. The Hall–Kier alpha value is -0.620. The highest BCUT2D eigenvalue weighted by molar-refractivity contribution is 14.1. The van der Waals surface area contributed by atoms with Gasteiger partial charge in [0.2, 0.25) is 0 Å². The van der Waals surface area contributed by atoms with Crippen LogP contribution in [0, 0.1) is 9.39 Å². The van der Waals surface area contributed by atoms with Crippen molar-refractivity contribution in [1.29, 1.82) is 0 Å². The molecular formula is C10H7ClFIN2. The summed E-state index contributed by atoms with van der Waals surface area (Å²) in [6.45, 7) is 0. The minimum Gasteiger partial charge on any atom is -0.240 e. The first-order valence-electron chi connectivity index (χ1n) is 4.26. The average molecular weight is 337 g/mol. The molecule has 0 aliphatic carbocycles. The van der Waals surface area contributed by atoms with Crippen LogP contribution in [-0.4, -0.2) is 9.78 Å². The molecule has 0 atom stereocenters. The second kappa shape index (κ2) is 4.49. The third kappa shape index (κ3) is 2.31. The van der Waals surface area contributed by atoms with Gasteiger partial charge < -0.3 is 0 Å². The molecule has 0 radical (unpaired) electrons. The first-order valence-corrected chi connectivity index (χ1v) is 5.88. The molecule has 2 rings (SSSR count). The molecule has 78 valence electrons. The van der Waals surface area contributed by atoms with Crippen LogP contribution in [0.2, 0.25) is 0 Å². The number of benzene rings is 1. The summed E-state index contributed by atoms with van der Waals surface area (Å²) in [6, 6.07) is 6.42. The molecule has 0 bridgehead atoms. The monoisotopic (exact) mass is 336 g/mol. The van der Waals surface area contributed by atoms with Crippen LogP contribution in [0.1, 0.15) is 5.69 Å². The molecule has 0 aliphatic rings. The zero-order chi connectivity index (χ0) is 10.8. The molecule has 0 aliphatic heterocycles. The van der Waals surface area contributed by atoms with Crippen molar-refractivity contribution in [2.75, 3.05) is 0 Å². The van der Waals surface area contributed by atoms with Crippen LogP contribution < -0.4 is 0 Å². The summed E-state index contributed by atoms with van der Waals surface area (Å²) < 4.78 is 15.4.